The maximum Gasteiger partial charge on any atom is 0.246 e. The topological polar surface area (TPSA) is 85.7 Å². The second-order valence-electron chi connectivity index (χ2n) is 4.40. The highest BCUT2D eigenvalue weighted by molar-refractivity contribution is 6.30. The lowest BCUT2D eigenvalue weighted by Gasteiger charge is -2.36. The Hall–Kier alpha value is -1.92. The van der Waals surface area contributed by atoms with E-state index in [1.807, 2.05) is 13.8 Å². The molecule has 0 bridgehead atoms. The normalized spacial score (nSPS) is 22.2. The van der Waals surface area contributed by atoms with Crippen LogP contribution in [0.1, 0.15) is 20.3 Å². The zero-order valence-electron chi connectivity index (χ0n) is 11.6. The van der Waals surface area contributed by atoms with Gasteiger partial charge in [-0.15, -0.1) is 0 Å². The molecule has 1 unspecified atom stereocenters. The number of hydroxylamine groups is 2. The maximum absolute atomic E-state index is 6.06. The number of rotatable bonds is 4. The van der Waals surface area contributed by atoms with E-state index in [1.54, 1.807) is 24.3 Å². The first-order valence-electron chi connectivity index (χ1n) is 6.45. The quantitative estimate of drug-likeness (QED) is 0.740. The van der Waals surface area contributed by atoms with E-state index in [0.717, 1.165) is 5.70 Å². The monoisotopic (exact) mass is 296 g/mol. The third-order valence-corrected chi connectivity index (χ3v) is 3.37. The third-order valence-electron chi connectivity index (χ3n) is 3.12. The van der Waals surface area contributed by atoms with Crippen LogP contribution >= 0.6 is 11.6 Å². The molecular weight excluding hydrogens is 278 g/mol. The number of benzene rings is 1. The van der Waals surface area contributed by atoms with Gasteiger partial charge in [0.2, 0.25) is 11.7 Å². The van der Waals surface area contributed by atoms with Gasteiger partial charge in [0.1, 0.15) is 6.54 Å². The van der Waals surface area contributed by atoms with Crippen LogP contribution in [0.2, 0.25) is 5.02 Å². The standard InChI is InChI=1S/C13H19ClN5O/c1-3-11-12(15)17-13(16)18-19(11,4-2)20-10-7-5-9(14)6-8-10/h5-8H,3-4,15H2,1-2H3,(H3,16,17,18)/q+1. The summed E-state index contributed by atoms with van der Waals surface area (Å²) in [7, 11) is 0. The molecule has 0 radical (unpaired) electrons. The van der Waals surface area contributed by atoms with Crippen LogP contribution in [-0.2, 0) is 0 Å². The van der Waals surface area contributed by atoms with Crippen molar-refractivity contribution in [2.24, 2.45) is 16.5 Å². The predicted octanol–water partition coefficient (Wildman–Crippen LogP) is 1.84. The Bertz CT molecular complexity index is 554. The first-order valence-corrected chi connectivity index (χ1v) is 6.83. The van der Waals surface area contributed by atoms with Gasteiger partial charge in [-0.3, -0.25) is 4.84 Å². The van der Waals surface area contributed by atoms with Gasteiger partial charge in [-0.1, -0.05) is 18.5 Å². The summed E-state index contributed by atoms with van der Waals surface area (Å²) in [5.74, 6) is 1.28. The number of nitrogens with zero attached hydrogens (tertiary/aromatic N) is 2. The van der Waals surface area contributed by atoms with E-state index >= 15 is 0 Å². The zero-order valence-corrected chi connectivity index (χ0v) is 12.3. The van der Waals surface area contributed by atoms with Crippen molar-refractivity contribution >= 4 is 17.6 Å². The molecule has 0 spiro atoms. The lowest BCUT2D eigenvalue weighted by Crippen LogP contribution is -2.65. The number of hydrogen-bond donors (Lipinski definition) is 3. The maximum atomic E-state index is 6.06. The van der Waals surface area contributed by atoms with Crippen molar-refractivity contribution in [2.75, 3.05) is 6.54 Å². The molecule has 1 aromatic carbocycles. The first-order chi connectivity index (χ1) is 9.50. The summed E-state index contributed by atoms with van der Waals surface area (Å²) >= 11 is 5.88. The fourth-order valence-corrected chi connectivity index (χ4v) is 2.31. The van der Waals surface area contributed by atoms with Gasteiger partial charge in [0.05, 0.1) is 0 Å². The van der Waals surface area contributed by atoms with E-state index in [1.165, 1.54) is 0 Å². The highest BCUT2D eigenvalue weighted by atomic mass is 35.5. The molecule has 0 aromatic heterocycles. The van der Waals surface area contributed by atoms with Crippen molar-refractivity contribution in [3.05, 3.63) is 40.8 Å². The summed E-state index contributed by atoms with van der Waals surface area (Å²) in [6.07, 6.45) is 0.692. The largest absolute Gasteiger partial charge is 0.379 e. The molecule has 0 aliphatic carbocycles. The average Bonchev–Trinajstić information content (AvgIpc) is 2.41. The molecule has 0 saturated carbocycles. The van der Waals surface area contributed by atoms with Crippen LogP contribution in [0, 0.1) is 0 Å². The Labute approximate surface area is 123 Å². The zero-order chi connectivity index (χ0) is 14.8. The number of allylic oxidation sites excluding steroid dienone is 1. The molecule has 2 rings (SSSR count). The van der Waals surface area contributed by atoms with Gasteiger partial charge in [-0.05, 0) is 35.9 Å². The van der Waals surface area contributed by atoms with E-state index in [9.17, 15) is 0 Å². The van der Waals surface area contributed by atoms with Gasteiger partial charge in [0.15, 0.2) is 11.6 Å². The molecule has 1 aromatic rings. The lowest BCUT2D eigenvalue weighted by atomic mass is 10.3. The molecule has 1 atom stereocenters. The number of aliphatic imine (C=N–C) groups is 1. The molecule has 7 heteroatoms. The number of nitrogens with one attached hydrogen (secondary N) is 1. The third kappa shape index (κ3) is 2.66. The molecule has 1 aliphatic heterocycles. The van der Waals surface area contributed by atoms with Gasteiger partial charge in [0.25, 0.3) is 0 Å². The number of hydrogen-bond acceptors (Lipinski definition) is 5. The van der Waals surface area contributed by atoms with Crippen molar-refractivity contribution in [2.45, 2.75) is 20.3 Å². The van der Waals surface area contributed by atoms with Crippen molar-refractivity contribution in [1.29, 1.82) is 0 Å². The number of quaternary nitrogens is 1. The second-order valence-corrected chi connectivity index (χ2v) is 4.83. The Balaban J connectivity index is 2.38. The molecule has 6 nitrogen and oxygen atoms in total. The number of halogens is 1. The van der Waals surface area contributed by atoms with Crippen LogP contribution < -0.4 is 21.7 Å². The molecule has 0 amide bonds. The Kier molecular flexibility index (Phi) is 4.06. The predicted molar refractivity (Wildman–Crippen MR) is 79.1 cm³/mol. The van der Waals surface area contributed by atoms with Crippen LogP contribution in [0.4, 0.5) is 0 Å². The number of guanidine groups is 1. The molecule has 1 aliphatic rings. The Morgan fingerprint density at radius 3 is 2.45 bits per heavy atom. The summed E-state index contributed by atoms with van der Waals surface area (Å²) in [5.41, 5.74) is 15.6. The highest BCUT2D eigenvalue weighted by Gasteiger charge is 2.40. The van der Waals surface area contributed by atoms with E-state index in [0.29, 0.717) is 29.6 Å². The van der Waals surface area contributed by atoms with Crippen molar-refractivity contribution < 1.29 is 9.59 Å². The van der Waals surface area contributed by atoms with E-state index in [-0.39, 0.29) is 10.7 Å². The van der Waals surface area contributed by atoms with Crippen LogP contribution in [0.3, 0.4) is 0 Å². The van der Waals surface area contributed by atoms with E-state index < -0.39 is 0 Å². The molecule has 1 heterocycles. The van der Waals surface area contributed by atoms with Crippen molar-refractivity contribution in [1.82, 2.24) is 5.43 Å². The molecular formula is C13H19ClN5O+. The van der Waals surface area contributed by atoms with Crippen LogP contribution in [0.25, 0.3) is 0 Å². The van der Waals surface area contributed by atoms with Gasteiger partial charge >= 0.3 is 0 Å². The van der Waals surface area contributed by atoms with Gasteiger partial charge < -0.3 is 11.5 Å². The van der Waals surface area contributed by atoms with E-state index in [2.05, 4.69) is 10.4 Å². The minimum Gasteiger partial charge on any atom is -0.379 e. The van der Waals surface area contributed by atoms with Gasteiger partial charge in [-0.2, -0.15) is 10.4 Å². The lowest BCUT2D eigenvalue weighted by molar-refractivity contribution is -1.08. The minimum absolute atomic E-state index is 0.000695. The Morgan fingerprint density at radius 2 is 1.90 bits per heavy atom. The SMILES string of the molecule is CCC1=C(N)N=C(N)N[N+]1(CC)Oc1ccc(Cl)cc1. The molecule has 5 N–H and O–H groups in total. The second kappa shape index (κ2) is 5.60. The smallest absolute Gasteiger partial charge is 0.246 e. The van der Waals surface area contributed by atoms with Gasteiger partial charge in [0, 0.05) is 11.4 Å². The first kappa shape index (κ1) is 14.5. The summed E-state index contributed by atoms with van der Waals surface area (Å²) in [6.45, 7) is 4.57. The molecule has 0 saturated heterocycles. The van der Waals surface area contributed by atoms with Crippen molar-refractivity contribution in [3.8, 4) is 5.75 Å². The van der Waals surface area contributed by atoms with Crippen LogP contribution in [-0.4, -0.2) is 17.3 Å². The highest BCUT2D eigenvalue weighted by Crippen LogP contribution is 2.27. The summed E-state index contributed by atoms with van der Waals surface area (Å²) < 4.78 is -0.000695. The summed E-state index contributed by atoms with van der Waals surface area (Å²) in [6, 6.07) is 7.13. The van der Waals surface area contributed by atoms with E-state index in [4.69, 9.17) is 27.9 Å². The fourth-order valence-electron chi connectivity index (χ4n) is 2.18. The van der Waals surface area contributed by atoms with Gasteiger partial charge in [-0.25, -0.2) is 0 Å². The average molecular weight is 297 g/mol. The van der Waals surface area contributed by atoms with Crippen molar-refractivity contribution in [3.63, 3.8) is 0 Å². The van der Waals surface area contributed by atoms with Crippen LogP contribution in [0.15, 0.2) is 40.8 Å². The summed E-state index contributed by atoms with van der Waals surface area (Å²) in [4.78, 5) is 10.1. The van der Waals surface area contributed by atoms with Crippen LogP contribution in [0.5, 0.6) is 5.75 Å². The molecule has 0 fully saturated rings. The fraction of sp³-hybridized carbons (Fsp3) is 0.308. The Morgan fingerprint density at radius 1 is 1.25 bits per heavy atom. The minimum atomic E-state index is -0.000695. The summed E-state index contributed by atoms with van der Waals surface area (Å²) in [5, 5.41) is 0.652. The number of nitrogens with two attached hydrogens (primary N) is 2. The molecule has 108 valence electrons. The molecule has 20 heavy (non-hydrogen) atoms.